The summed E-state index contributed by atoms with van der Waals surface area (Å²) in [5, 5.41) is 0. The first-order valence-electron chi connectivity index (χ1n) is 8.37. The number of aryl methyl sites for hydroxylation is 1. The molecule has 8 heteroatoms. The van der Waals surface area contributed by atoms with Gasteiger partial charge in [-0.3, -0.25) is 4.90 Å². The van der Waals surface area contributed by atoms with Crippen molar-refractivity contribution in [1.82, 2.24) is 14.9 Å². The van der Waals surface area contributed by atoms with Gasteiger partial charge in [0.1, 0.15) is 11.4 Å². The molecular formula is C17H31N3O3S2. The quantitative estimate of drug-likeness (QED) is 0.799. The molecule has 2 aliphatic rings. The summed E-state index contributed by atoms with van der Waals surface area (Å²) in [5.41, 5.74) is 0.532. The lowest BCUT2D eigenvalue weighted by Crippen LogP contribution is -2.40. The van der Waals surface area contributed by atoms with Crippen molar-refractivity contribution < 1.29 is 14.3 Å². The number of aromatic nitrogens is 2. The number of hydrogen-bond donors (Lipinski definition) is 1. The Kier molecular flexibility index (Phi) is 7.30. The normalized spacial score (nSPS) is 26.1. The highest BCUT2D eigenvalue weighted by molar-refractivity contribution is 7.59. The van der Waals surface area contributed by atoms with Gasteiger partial charge in [-0.05, 0) is 47.0 Å². The van der Waals surface area contributed by atoms with Crippen LogP contribution in [-0.2, 0) is 9.47 Å². The number of amides is 1. The van der Waals surface area contributed by atoms with Crippen LogP contribution in [0.3, 0.4) is 0 Å². The number of nitrogens with zero attached hydrogens (tertiary/aromatic N) is 2. The summed E-state index contributed by atoms with van der Waals surface area (Å²) in [6, 6.07) is -0.0692. The number of carbonyl (C=O) groups excluding carboxylic acids is 1. The van der Waals surface area contributed by atoms with E-state index in [1.165, 1.54) is 0 Å². The molecule has 0 bridgehead atoms. The second-order valence-corrected chi connectivity index (χ2v) is 7.94. The summed E-state index contributed by atoms with van der Waals surface area (Å²) in [6.45, 7) is 9.86. The maximum Gasteiger partial charge on any atom is 0.410 e. The highest BCUT2D eigenvalue weighted by Gasteiger charge is 2.49. The Labute approximate surface area is 163 Å². The number of H-pyrrole nitrogens is 1. The zero-order valence-corrected chi connectivity index (χ0v) is 17.5. The van der Waals surface area contributed by atoms with Crippen LogP contribution >= 0.6 is 27.0 Å². The van der Waals surface area contributed by atoms with E-state index in [0.717, 1.165) is 37.4 Å². The molecule has 0 radical (unpaired) electrons. The van der Waals surface area contributed by atoms with Crippen LogP contribution in [0.5, 0.6) is 0 Å². The lowest BCUT2D eigenvalue weighted by Gasteiger charge is -2.33. The van der Waals surface area contributed by atoms with E-state index in [9.17, 15) is 4.79 Å². The van der Waals surface area contributed by atoms with Gasteiger partial charge in [0.15, 0.2) is 0 Å². The molecule has 1 N–H and O–H groups in total. The highest BCUT2D eigenvalue weighted by atomic mass is 32.1. The molecule has 25 heavy (non-hydrogen) atoms. The molecule has 1 spiro atoms. The fraction of sp³-hybridized carbons (Fsp3) is 0.765. The summed E-state index contributed by atoms with van der Waals surface area (Å²) < 4.78 is 11.3. The van der Waals surface area contributed by atoms with Crippen LogP contribution in [0.15, 0.2) is 6.20 Å². The number of aromatic amines is 1. The van der Waals surface area contributed by atoms with Gasteiger partial charge in [-0.25, -0.2) is 9.78 Å². The largest absolute Gasteiger partial charge is 0.444 e. The molecule has 144 valence electrons. The lowest BCUT2D eigenvalue weighted by atomic mass is 9.80. The highest BCUT2D eigenvalue weighted by Crippen LogP contribution is 2.47. The van der Waals surface area contributed by atoms with Gasteiger partial charge in [-0.2, -0.15) is 27.0 Å². The maximum atomic E-state index is 12.7. The smallest absolute Gasteiger partial charge is 0.410 e. The minimum atomic E-state index is -0.500. The van der Waals surface area contributed by atoms with Crippen LogP contribution in [0.2, 0.25) is 0 Å². The van der Waals surface area contributed by atoms with Crippen molar-refractivity contribution in [1.29, 1.82) is 0 Å². The monoisotopic (exact) mass is 389 g/mol. The SMILES string of the molecule is Cc1cnc([C@@H]2C[C@@]3(CCCOC3)CN2C(=O)OC(C)(C)C)[nH]1.S.S. The Bertz CT molecular complexity index is 580. The fourth-order valence-electron chi connectivity index (χ4n) is 3.61. The van der Waals surface area contributed by atoms with Crippen LogP contribution in [0, 0.1) is 12.3 Å². The molecular weight excluding hydrogens is 358 g/mol. The van der Waals surface area contributed by atoms with E-state index < -0.39 is 5.60 Å². The van der Waals surface area contributed by atoms with Crippen molar-refractivity contribution in [2.75, 3.05) is 19.8 Å². The minimum Gasteiger partial charge on any atom is -0.444 e. The zero-order valence-electron chi connectivity index (χ0n) is 15.5. The fourth-order valence-corrected chi connectivity index (χ4v) is 3.61. The Hall–Kier alpha value is -0.860. The number of nitrogens with one attached hydrogen (secondary N) is 1. The molecule has 1 amide bonds. The zero-order chi connectivity index (χ0) is 16.7. The van der Waals surface area contributed by atoms with Gasteiger partial charge in [-0.1, -0.05) is 0 Å². The van der Waals surface area contributed by atoms with Crippen LogP contribution in [0.1, 0.15) is 57.6 Å². The number of hydrogen-bond acceptors (Lipinski definition) is 4. The van der Waals surface area contributed by atoms with Crippen molar-refractivity contribution in [3.8, 4) is 0 Å². The number of rotatable bonds is 1. The topological polar surface area (TPSA) is 67.4 Å². The van der Waals surface area contributed by atoms with E-state index in [2.05, 4.69) is 9.97 Å². The number of carbonyl (C=O) groups is 1. The van der Waals surface area contributed by atoms with Crippen molar-refractivity contribution in [3.05, 3.63) is 17.7 Å². The molecule has 0 saturated carbocycles. The van der Waals surface area contributed by atoms with Gasteiger partial charge in [0.05, 0.1) is 12.6 Å². The number of ether oxygens (including phenoxy) is 2. The Balaban J connectivity index is 0.00000156. The molecule has 1 aromatic rings. The van der Waals surface area contributed by atoms with Gasteiger partial charge in [0.25, 0.3) is 0 Å². The Morgan fingerprint density at radius 1 is 1.44 bits per heavy atom. The van der Waals surface area contributed by atoms with Gasteiger partial charge in [0, 0.05) is 30.5 Å². The summed E-state index contributed by atoms with van der Waals surface area (Å²) in [4.78, 5) is 22.3. The van der Waals surface area contributed by atoms with Gasteiger partial charge < -0.3 is 14.5 Å². The average Bonchev–Trinajstić information content (AvgIpc) is 3.02. The Morgan fingerprint density at radius 3 is 2.68 bits per heavy atom. The predicted molar refractivity (Wildman–Crippen MR) is 107 cm³/mol. The van der Waals surface area contributed by atoms with Gasteiger partial charge in [-0.15, -0.1) is 0 Å². The number of likely N-dealkylation sites (tertiary alicyclic amines) is 1. The van der Waals surface area contributed by atoms with Crippen molar-refractivity contribution >= 4 is 33.1 Å². The standard InChI is InChI=1S/C17H27N3O3.2H2S/c1-12-9-18-14(19-12)13-8-17(6-5-7-22-11-17)10-20(13)15(21)23-16(2,3)4;;/h9,13H,5-8,10-11H2,1-4H3,(H,18,19);2*1H2/t13-,17-;;/m0../s1. The molecule has 2 aliphatic heterocycles. The van der Waals surface area contributed by atoms with E-state index in [1.54, 1.807) is 0 Å². The summed E-state index contributed by atoms with van der Waals surface area (Å²) in [7, 11) is 0. The summed E-state index contributed by atoms with van der Waals surface area (Å²) in [5.74, 6) is 0.843. The third-order valence-corrected chi connectivity index (χ3v) is 4.58. The molecule has 3 heterocycles. The van der Waals surface area contributed by atoms with Gasteiger partial charge >= 0.3 is 6.09 Å². The third kappa shape index (κ3) is 5.08. The van der Waals surface area contributed by atoms with Crippen LogP contribution in [-0.4, -0.2) is 46.3 Å². The molecule has 2 saturated heterocycles. The maximum absolute atomic E-state index is 12.7. The van der Waals surface area contributed by atoms with E-state index >= 15 is 0 Å². The number of imidazole rings is 1. The average molecular weight is 390 g/mol. The van der Waals surface area contributed by atoms with Crippen molar-refractivity contribution in [3.63, 3.8) is 0 Å². The molecule has 0 aromatic carbocycles. The predicted octanol–water partition coefficient (Wildman–Crippen LogP) is 3.42. The lowest BCUT2D eigenvalue weighted by molar-refractivity contribution is -0.00754. The Morgan fingerprint density at radius 2 is 2.16 bits per heavy atom. The van der Waals surface area contributed by atoms with Crippen LogP contribution in [0.25, 0.3) is 0 Å². The van der Waals surface area contributed by atoms with Crippen LogP contribution in [0.4, 0.5) is 4.79 Å². The van der Waals surface area contributed by atoms with Gasteiger partial charge in [0.2, 0.25) is 0 Å². The second-order valence-electron chi connectivity index (χ2n) is 7.94. The van der Waals surface area contributed by atoms with E-state index in [-0.39, 0.29) is 44.5 Å². The van der Waals surface area contributed by atoms with E-state index in [4.69, 9.17) is 9.47 Å². The second kappa shape index (κ2) is 8.22. The molecule has 3 rings (SSSR count). The van der Waals surface area contributed by atoms with Crippen molar-refractivity contribution in [2.45, 2.75) is 58.6 Å². The third-order valence-electron chi connectivity index (χ3n) is 4.58. The molecule has 1 aromatic heterocycles. The van der Waals surface area contributed by atoms with Crippen LogP contribution < -0.4 is 0 Å². The minimum absolute atomic E-state index is 0. The molecule has 0 unspecified atom stereocenters. The van der Waals surface area contributed by atoms with E-state index in [1.807, 2.05) is 38.8 Å². The molecule has 6 nitrogen and oxygen atoms in total. The van der Waals surface area contributed by atoms with E-state index in [0.29, 0.717) is 13.2 Å². The molecule has 2 atom stereocenters. The molecule has 0 aliphatic carbocycles. The first kappa shape index (κ1) is 22.2. The molecule has 2 fully saturated rings. The summed E-state index contributed by atoms with van der Waals surface area (Å²) >= 11 is 0. The first-order valence-corrected chi connectivity index (χ1v) is 8.37. The summed E-state index contributed by atoms with van der Waals surface area (Å²) in [6.07, 6.45) is 4.55. The first-order chi connectivity index (χ1) is 10.8. The van der Waals surface area contributed by atoms with Crippen molar-refractivity contribution in [2.24, 2.45) is 5.41 Å².